The van der Waals surface area contributed by atoms with Crippen LogP contribution in [0.1, 0.15) is 37.4 Å². The summed E-state index contributed by atoms with van der Waals surface area (Å²) in [6.07, 6.45) is 1.29. The van der Waals surface area contributed by atoms with E-state index in [9.17, 15) is 5.11 Å². The quantitative estimate of drug-likeness (QED) is 0.856. The van der Waals surface area contributed by atoms with Crippen molar-refractivity contribution in [3.63, 3.8) is 0 Å². The number of likely N-dealkylation sites (tertiary alicyclic amines) is 1. The molecule has 2 atom stereocenters. The summed E-state index contributed by atoms with van der Waals surface area (Å²) in [4.78, 5) is 2.50. The van der Waals surface area contributed by atoms with Gasteiger partial charge in [-0.25, -0.2) is 0 Å². The second-order valence-electron chi connectivity index (χ2n) is 5.74. The minimum Gasteiger partial charge on any atom is -0.508 e. The predicted molar refractivity (Wildman–Crippen MR) is 79.5 cm³/mol. The van der Waals surface area contributed by atoms with Gasteiger partial charge in [0, 0.05) is 18.2 Å². The Bertz CT molecular complexity index is 419. The third-order valence-electron chi connectivity index (χ3n) is 4.18. The van der Waals surface area contributed by atoms with E-state index >= 15 is 0 Å². The number of phenols is 1. The molecule has 3 heteroatoms. The van der Waals surface area contributed by atoms with Gasteiger partial charge in [-0.15, -0.1) is 0 Å². The number of benzene rings is 1. The number of hydrogen-bond donors (Lipinski definition) is 2. The molecule has 1 aliphatic rings. The monoisotopic (exact) mass is 262 g/mol. The van der Waals surface area contributed by atoms with Gasteiger partial charge in [0.05, 0.1) is 0 Å². The predicted octanol–water partition coefficient (Wildman–Crippen LogP) is 2.69. The lowest BCUT2D eigenvalue weighted by Gasteiger charge is -2.19. The zero-order valence-electron chi connectivity index (χ0n) is 12.3. The molecule has 2 unspecified atom stereocenters. The lowest BCUT2D eigenvalue weighted by Crippen LogP contribution is -2.28. The molecule has 19 heavy (non-hydrogen) atoms. The van der Waals surface area contributed by atoms with Crippen LogP contribution in [-0.4, -0.2) is 36.2 Å². The molecule has 2 N–H and O–H groups in total. The fourth-order valence-corrected chi connectivity index (χ4v) is 2.84. The molecule has 1 fully saturated rings. The molecule has 0 bridgehead atoms. The van der Waals surface area contributed by atoms with Crippen LogP contribution in [0, 0.1) is 12.8 Å². The number of phenolic OH excluding ortho intramolecular Hbond substituents is 1. The van der Waals surface area contributed by atoms with E-state index in [2.05, 4.69) is 30.1 Å². The standard InChI is InChI=1S/C16H26N2O/c1-4-18-8-7-14(11-18)10-17-13(3)15-6-5-12(2)9-16(15)19/h5-6,9,13-14,17,19H,4,7-8,10-11H2,1-3H3. The topological polar surface area (TPSA) is 35.5 Å². The van der Waals surface area contributed by atoms with Gasteiger partial charge in [-0.05, 0) is 57.5 Å². The Morgan fingerprint density at radius 1 is 1.47 bits per heavy atom. The number of hydrogen-bond acceptors (Lipinski definition) is 3. The van der Waals surface area contributed by atoms with Crippen LogP contribution in [0.3, 0.4) is 0 Å². The van der Waals surface area contributed by atoms with Crippen molar-refractivity contribution in [1.82, 2.24) is 10.2 Å². The Morgan fingerprint density at radius 3 is 2.89 bits per heavy atom. The van der Waals surface area contributed by atoms with Crippen LogP contribution >= 0.6 is 0 Å². The van der Waals surface area contributed by atoms with Crippen LogP contribution in [0.15, 0.2) is 18.2 Å². The highest BCUT2D eigenvalue weighted by molar-refractivity contribution is 5.37. The van der Waals surface area contributed by atoms with Crippen molar-refractivity contribution in [2.24, 2.45) is 5.92 Å². The van der Waals surface area contributed by atoms with Crippen molar-refractivity contribution in [2.75, 3.05) is 26.2 Å². The van der Waals surface area contributed by atoms with Gasteiger partial charge in [-0.1, -0.05) is 19.1 Å². The summed E-state index contributed by atoms with van der Waals surface area (Å²) in [5, 5.41) is 13.5. The molecule has 1 aromatic carbocycles. The van der Waals surface area contributed by atoms with Gasteiger partial charge in [-0.2, -0.15) is 0 Å². The lowest BCUT2D eigenvalue weighted by molar-refractivity contribution is 0.335. The van der Waals surface area contributed by atoms with Gasteiger partial charge in [-0.3, -0.25) is 0 Å². The first-order chi connectivity index (χ1) is 9.10. The van der Waals surface area contributed by atoms with Crippen LogP contribution in [0.4, 0.5) is 0 Å². The molecule has 0 saturated carbocycles. The largest absolute Gasteiger partial charge is 0.508 e. The molecule has 0 aromatic heterocycles. The summed E-state index contributed by atoms with van der Waals surface area (Å²) < 4.78 is 0. The van der Waals surface area contributed by atoms with Gasteiger partial charge in [0.2, 0.25) is 0 Å². The highest BCUT2D eigenvalue weighted by Gasteiger charge is 2.21. The van der Waals surface area contributed by atoms with Gasteiger partial charge >= 0.3 is 0 Å². The zero-order valence-corrected chi connectivity index (χ0v) is 12.3. The Morgan fingerprint density at radius 2 is 2.26 bits per heavy atom. The third-order valence-corrected chi connectivity index (χ3v) is 4.18. The van der Waals surface area contributed by atoms with Crippen molar-refractivity contribution in [2.45, 2.75) is 33.2 Å². The van der Waals surface area contributed by atoms with Crippen molar-refractivity contribution >= 4 is 0 Å². The normalized spacial score (nSPS) is 21.7. The van der Waals surface area contributed by atoms with E-state index in [0.29, 0.717) is 5.75 Å². The van der Waals surface area contributed by atoms with Gasteiger partial charge in [0.15, 0.2) is 0 Å². The summed E-state index contributed by atoms with van der Waals surface area (Å²) in [6.45, 7) is 11.0. The van der Waals surface area contributed by atoms with E-state index in [1.807, 2.05) is 19.1 Å². The summed E-state index contributed by atoms with van der Waals surface area (Å²) >= 11 is 0. The number of nitrogens with zero attached hydrogens (tertiary/aromatic N) is 1. The fraction of sp³-hybridized carbons (Fsp3) is 0.625. The minimum atomic E-state index is 0.205. The van der Waals surface area contributed by atoms with Crippen LogP contribution in [-0.2, 0) is 0 Å². The molecule has 0 aliphatic carbocycles. The van der Waals surface area contributed by atoms with Crippen molar-refractivity contribution in [3.05, 3.63) is 29.3 Å². The SMILES string of the molecule is CCN1CCC(CNC(C)c2ccc(C)cc2O)C1. The van der Waals surface area contributed by atoms with Crippen LogP contribution < -0.4 is 5.32 Å². The first-order valence-corrected chi connectivity index (χ1v) is 7.35. The molecular weight excluding hydrogens is 236 g/mol. The number of nitrogens with one attached hydrogen (secondary N) is 1. The van der Waals surface area contributed by atoms with Crippen LogP contribution in [0.25, 0.3) is 0 Å². The molecule has 1 aliphatic heterocycles. The van der Waals surface area contributed by atoms with E-state index in [1.165, 1.54) is 19.5 Å². The van der Waals surface area contributed by atoms with Gasteiger partial charge < -0.3 is 15.3 Å². The number of rotatable bonds is 5. The Balaban J connectivity index is 1.86. The van der Waals surface area contributed by atoms with Crippen LogP contribution in [0.2, 0.25) is 0 Å². The molecule has 1 aromatic rings. The van der Waals surface area contributed by atoms with Gasteiger partial charge in [0.1, 0.15) is 5.75 Å². The smallest absolute Gasteiger partial charge is 0.120 e. The van der Waals surface area contributed by atoms with Crippen molar-refractivity contribution < 1.29 is 5.11 Å². The maximum absolute atomic E-state index is 9.99. The van der Waals surface area contributed by atoms with Crippen molar-refractivity contribution in [3.8, 4) is 5.75 Å². The Hall–Kier alpha value is -1.06. The molecule has 1 heterocycles. The van der Waals surface area contributed by atoms with E-state index in [-0.39, 0.29) is 6.04 Å². The third kappa shape index (κ3) is 3.71. The fourth-order valence-electron chi connectivity index (χ4n) is 2.84. The Kier molecular flexibility index (Phi) is 4.83. The minimum absolute atomic E-state index is 0.205. The number of aromatic hydroxyl groups is 1. The molecule has 2 rings (SSSR count). The molecule has 3 nitrogen and oxygen atoms in total. The van der Waals surface area contributed by atoms with E-state index in [4.69, 9.17) is 0 Å². The zero-order chi connectivity index (χ0) is 13.8. The lowest BCUT2D eigenvalue weighted by atomic mass is 10.0. The average molecular weight is 262 g/mol. The van der Waals surface area contributed by atoms with E-state index < -0.39 is 0 Å². The maximum atomic E-state index is 9.99. The molecular formula is C16H26N2O. The summed E-state index contributed by atoms with van der Waals surface area (Å²) in [7, 11) is 0. The summed E-state index contributed by atoms with van der Waals surface area (Å²) in [6, 6.07) is 6.12. The van der Waals surface area contributed by atoms with Crippen molar-refractivity contribution in [1.29, 1.82) is 0 Å². The molecule has 106 valence electrons. The second kappa shape index (κ2) is 6.40. The number of aryl methyl sites for hydroxylation is 1. The van der Waals surface area contributed by atoms with Crippen LogP contribution in [0.5, 0.6) is 5.75 Å². The molecule has 0 amide bonds. The molecule has 0 radical (unpaired) electrons. The summed E-state index contributed by atoms with van der Waals surface area (Å²) in [5.41, 5.74) is 2.10. The first kappa shape index (κ1) is 14.4. The molecule has 0 spiro atoms. The highest BCUT2D eigenvalue weighted by Crippen LogP contribution is 2.25. The average Bonchev–Trinajstić information content (AvgIpc) is 2.84. The summed E-state index contributed by atoms with van der Waals surface area (Å²) in [5.74, 6) is 1.15. The Labute approximate surface area is 116 Å². The first-order valence-electron chi connectivity index (χ1n) is 7.35. The highest BCUT2D eigenvalue weighted by atomic mass is 16.3. The van der Waals surface area contributed by atoms with E-state index in [1.54, 1.807) is 0 Å². The van der Waals surface area contributed by atoms with E-state index in [0.717, 1.165) is 30.1 Å². The molecule has 1 saturated heterocycles. The second-order valence-corrected chi connectivity index (χ2v) is 5.74. The maximum Gasteiger partial charge on any atom is 0.120 e. The van der Waals surface area contributed by atoms with Gasteiger partial charge in [0.25, 0.3) is 0 Å².